The molecule has 0 spiro atoms. The van der Waals surface area contributed by atoms with Crippen molar-refractivity contribution in [2.24, 2.45) is 0 Å². The number of thiocarbonyl (C=S) groups is 1. The zero-order valence-electron chi connectivity index (χ0n) is 12.0. The van der Waals surface area contributed by atoms with Crippen molar-refractivity contribution in [1.82, 2.24) is 16.0 Å². The molecular formula is C13H19ClN4O2S. The molecule has 1 aromatic carbocycles. The Kier molecular flexibility index (Phi) is 7.04. The molecule has 21 heavy (non-hydrogen) atoms. The van der Waals surface area contributed by atoms with Gasteiger partial charge in [-0.3, -0.25) is 4.79 Å². The van der Waals surface area contributed by atoms with E-state index in [4.69, 9.17) is 34.3 Å². The Hall–Kier alpha value is -1.73. The van der Waals surface area contributed by atoms with Crippen LogP contribution in [-0.2, 0) is 0 Å². The molecule has 1 aromatic rings. The quantitative estimate of drug-likeness (QED) is 0.355. The van der Waals surface area contributed by atoms with Crippen molar-refractivity contribution in [2.75, 3.05) is 32.5 Å². The summed E-state index contributed by atoms with van der Waals surface area (Å²) in [6.07, 6.45) is 0. The van der Waals surface area contributed by atoms with Crippen LogP contribution in [0.25, 0.3) is 0 Å². The van der Waals surface area contributed by atoms with Crippen molar-refractivity contribution in [2.45, 2.75) is 6.92 Å². The van der Waals surface area contributed by atoms with Crippen LogP contribution in [0.3, 0.4) is 0 Å². The van der Waals surface area contributed by atoms with Gasteiger partial charge < -0.3 is 26.4 Å². The maximum Gasteiger partial charge on any atom is 0.255 e. The predicted molar refractivity (Wildman–Crippen MR) is 89.0 cm³/mol. The lowest BCUT2D eigenvalue weighted by molar-refractivity contribution is 0.0951. The van der Waals surface area contributed by atoms with Gasteiger partial charge in [-0.2, -0.15) is 0 Å². The maximum atomic E-state index is 12.1. The summed E-state index contributed by atoms with van der Waals surface area (Å²) in [5.41, 5.74) is 6.38. The van der Waals surface area contributed by atoms with Crippen LogP contribution in [-0.4, -0.2) is 37.8 Å². The molecule has 0 fully saturated rings. The highest BCUT2D eigenvalue weighted by molar-refractivity contribution is 7.80. The van der Waals surface area contributed by atoms with Crippen molar-refractivity contribution < 1.29 is 9.53 Å². The van der Waals surface area contributed by atoms with Gasteiger partial charge in [0.05, 0.1) is 23.4 Å². The minimum absolute atomic E-state index is 0.287. The fourth-order valence-corrected chi connectivity index (χ4v) is 2.00. The predicted octanol–water partition coefficient (Wildman–Crippen LogP) is 1.14. The van der Waals surface area contributed by atoms with E-state index >= 15 is 0 Å². The molecule has 0 unspecified atom stereocenters. The van der Waals surface area contributed by atoms with Crippen LogP contribution >= 0.6 is 23.8 Å². The van der Waals surface area contributed by atoms with E-state index in [9.17, 15) is 4.79 Å². The normalized spacial score (nSPS) is 9.86. The van der Waals surface area contributed by atoms with Gasteiger partial charge in [-0.1, -0.05) is 11.6 Å². The number of nitrogens with two attached hydrogens (primary N) is 1. The van der Waals surface area contributed by atoms with E-state index in [2.05, 4.69) is 16.0 Å². The summed E-state index contributed by atoms with van der Waals surface area (Å²) in [4.78, 5) is 12.1. The average molecular weight is 331 g/mol. The van der Waals surface area contributed by atoms with E-state index in [-0.39, 0.29) is 5.91 Å². The Morgan fingerprint density at radius 3 is 2.62 bits per heavy atom. The number of carbonyl (C=O) groups excluding carboxylic acids is 1. The summed E-state index contributed by atoms with van der Waals surface area (Å²) in [7, 11) is 1.47. The molecule has 1 amide bonds. The molecule has 0 saturated heterocycles. The van der Waals surface area contributed by atoms with Gasteiger partial charge in [0.15, 0.2) is 5.11 Å². The molecule has 0 radical (unpaired) electrons. The molecule has 0 aromatic heterocycles. The van der Waals surface area contributed by atoms with Crippen LogP contribution in [0, 0.1) is 0 Å². The van der Waals surface area contributed by atoms with Gasteiger partial charge in [0, 0.05) is 25.7 Å². The lowest BCUT2D eigenvalue weighted by Gasteiger charge is -2.12. The van der Waals surface area contributed by atoms with E-state index in [1.165, 1.54) is 19.2 Å². The highest BCUT2D eigenvalue weighted by Gasteiger charge is 2.14. The van der Waals surface area contributed by atoms with E-state index in [0.717, 1.165) is 6.54 Å². The molecule has 0 heterocycles. The highest BCUT2D eigenvalue weighted by atomic mass is 35.5. The number of anilines is 1. The molecule has 0 aliphatic heterocycles. The highest BCUT2D eigenvalue weighted by Crippen LogP contribution is 2.28. The van der Waals surface area contributed by atoms with Crippen LogP contribution in [0.1, 0.15) is 17.3 Å². The SMILES string of the molecule is CCNC(=S)NCCNC(=O)c1cc(Cl)c(N)cc1OC. The molecule has 0 bridgehead atoms. The second-order valence-electron chi connectivity index (χ2n) is 4.12. The second kappa shape index (κ2) is 8.53. The lowest BCUT2D eigenvalue weighted by atomic mass is 10.1. The van der Waals surface area contributed by atoms with Crippen LogP contribution in [0.4, 0.5) is 5.69 Å². The van der Waals surface area contributed by atoms with Crippen LogP contribution in [0.2, 0.25) is 5.02 Å². The van der Waals surface area contributed by atoms with Crippen LogP contribution in [0.5, 0.6) is 5.75 Å². The number of benzene rings is 1. The molecule has 0 atom stereocenters. The number of amides is 1. The molecule has 5 N–H and O–H groups in total. The van der Waals surface area contributed by atoms with E-state index in [0.29, 0.717) is 40.2 Å². The summed E-state index contributed by atoms with van der Waals surface area (Å²) in [5, 5.41) is 9.54. The maximum absolute atomic E-state index is 12.1. The van der Waals surface area contributed by atoms with Gasteiger partial charge in [-0.05, 0) is 25.2 Å². The zero-order valence-corrected chi connectivity index (χ0v) is 13.5. The van der Waals surface area contributed by atoms with Crippen molar-refractivity contribution in [1.29, 1.82) is 0 Å². The Balaban J connectivity index is 2.56. The molecule has 116 valence electrons. The summed E-state index contributed by atoms with van der Waals surface area (Å²) in [5.74, 6) is 0.0930. The molecule has 8 heteroatoms. The Bertz CT molecular complexity index is 525. The molecule has 6 nitrogen and oxygen atoms in total. The molecule has 0 aliphatic carbocycles. The zero-order chi connectivity index (χ0) is 15.8. The third-order valence-corrected chi connectivity index (χ3v) is 3.21. The average Bonchev–Trinajstić information content (AvgIpc) is 2.46. The Labute approximate surface area is 134 Å². The monoisotopic (exact) mass is 330 g/mol. The van der Waals surface area contributed by atoms with Crippen molar-refractivity contribution >= 4 is 40.5 Å². The third kappa shape index (κ3) is 5.28. The smallest absolute Gasteiger partial charge is 0.255 e. The standard InChI is InChI=1S/C13H19ClN4O2S/c1-3-16-13(21)18-5-4-17-12(19)8-6-9(14)10(15)7-11(8)20-2/h6-7H,3-5,15H2,1-2H3,(H,17,19)(H2,16,18,21). The first-order chi connectivity index (χ1) is 9.99. The number of nitrogens with one attached hydrogen (secondary N) is 3. The number of nitrogen functional groups attached to an aromatic ring is 1. The second-order valence-corrected chi connectivity index (χ2v) is 4.93. The number of methoxy groups -OCH3 is 1. The fraction of sp³-hybridized carbons (Fsp3) is 0.385. The van der Waals surface area contributed by atoms with Crippen LogP contribution in [0.15, 0.2) is 12.1 Å². The van der Waals surface area contributed by atoms with Gasteiger partial charge >= 0.3 is 0 Å². The molecular weight excluding hydrogens is 312 g/mol. The molecule has 0 aliphatic rings. The number of rotatable bonds is 6. The van der Waals surface area contributed by atoms with E-state index in [1.54, 1.807) is 0 Å². The third-order valence-electron chi connectivity index (χ3n) is 2.60. The molecule has 0 saturated carbocycles. The van der Waals surface area contributed by atoms with E-state index < -0.39 is 0 Å². The number of carbonyl (C=O) groups is 1. The van der Waals surface area contributed by atoms with Gasteiger partial charge in [-0.25, -0.2) is 0 Å². The first-order valence-corrected chi connectivity index (χ1v) is 7.21. The van der Waals surface area contributed by atoms with Gasteiger partial charge in [-0.15, -0.1) is 0 Å². The number of ether oxygens (including phenoxy) is 1. The first kappa shape index (κ1) is 17.3. The summed E-state index contributed by atoms with van der Waals surface area (Å²) < 4.78 is 5.13. The first-order valence-electron chi connectivity index (χ1n) is 6.42. The topological polar surface area (TPSA) is 88.4 Å². The number of hydrogen-bond donors (Lipinski definition) is 4. The van der Waals surface area contributed by atoms with Gasteiger partial charge in [0.1, 0.15) is 5.75 Å². The summed E-state index contributed by atoms with van der Waals surface area (Å²) >= 11 is 10.9. The number of hydrogen-bond acceptors (Lipinski definition) is 4. The van der Waals surface area contributed by atoms with E-state index in [1.807, 2.05) is 6.92 Å². The van der Waals surface area contributed by atoms with Crippen LogP contribution < -0.4 is 26.4 Å². The summed E-state index contributed by atoms with van der Waals surface area (Å²) in [6.45, 7) is 3.63. The van der Waals surface area contributed by atoms with Crippen molar-refractivity contribution in [3.63, 3.8) is 0 Å². The minimum atomic E-state index is -0.287. The summed E-state index contributed by atoms with van der Waals surface area (Å²) in [6, 6.07) is 3.01. The van der Waals surface area contributed by atoms with Gasteiger partial charge in [0.2, 0.25) is 0 Å². The largest absolute Gasteiger partial charge is 0.496 e. The molecule has 1 rings (SSSR count). The van der Waals surface area contributed by atoms with Gasteiger partial charge in [0.25, 0.3) is 5.91 Å². The Morgan fingerprint density at radius 2 is 2.00 bits per heavy atom. The fourth-order valence-electron chi connectivity index (χ4n) is 1.59. The minimum Gasteiger partial charge on any atom is -0.496 e. The van der Waals surface area contributed by atoms with Crippen molar-refractivity contribution in [3.8, 4) is 5.75 Å². The Morgan fingerprint density at radius 1 is 1.33 bits per heavy atom. The van der Waals surface area contributed by atoms with Crippen molar-refractivity contribution in [3.05, 3.63) is 22.7 Å². The number of halogens is 1. The lowest BCUT2D eigenvalue weighted by Crippen LogP contribution is -2.40.